The van der Waals surface area contributed by atoms with Crippen LogP contribution in [0.5, 0.6) is 0 Å². The van der Waals surface area contributed by atoms with Crippen molar-refractivity contribution in [3.05, 3.63) is 53.6 Å². The molecular formula is C13H9ClN4O. The number of hydrogen-bond acceptors (Lipinski definition) is 3. The van der Waals surface area contributed by atoms with Crippen molar-refractivity contribution in [1.82, 2.24) is 15.0 Å². The van der Waals surface area contributed by atoms with Gasteiger partial charge in [0.15, 0.2) is 0 Å². The van der Waals surface area contributed by atoms with E-state index < -0.39 is 0 Å². The van der Waals surface area contributed by atoms with E-state index in [4.69, 9.17) is 11.6 Å². The maximum Gasteiger partial charge on any atom is 0.258 e. The first kappa shape index (κ1) is 11.7. The zero-order valence-corrected chi connectivity index (χ0v) is 10.5. The van der Waals surface area contributed by atoms with Crippen LogP contribution in [0.25, 0.3) is 11.0 Å². The number of hydrogen-bond donors (Lipinski definition) is 2. The zero-order chi connectivity index (χ0) is 13.2. The lowest BCUT2D eigenvalue weighted by molar-refractivity contribution is 0.102. The van der Waals surface area contributed by atoms with Crippen molar-refractivity contribution in [2.24, 2.45) is 0 Å². The van der Waals surface area contributed by atoms with Gasteiger partial charge < -0.3 is 10.3 Å². The highest BCUT2D eigenvalue weighted by Crippen LogP contribution is 2.18. The molecule has 3 rings (SSSR count). The van der Waals surface area contributed by atoms with Gasteiger partial charge in [-0.2, -0.15) is 0 Å². The van der Waals surface area contributed by atoms with Gasteiger partial charge in [-0.05, 0) is 30.3 Å². The Balaban J connectivity index is 1.88. The smallest absolute Gasteiger partial charge is 0.258 e. The Hall–Kier alpha value is -2.40. The van der Waals surface area contributed by atoms with E-state index in [1.165, 1.54) is 6.20 Å². The first-order chi connectivity index (χ1) is 9.24. The minimum Gasteiger partial charge on any atom is -0.345 e. The van der Waals surface area contributed by atoms with Gasteiger partial charge in [-0.15, -0.1) is 0 Å². The van der Waals surface area contributed by atoms with Crippen LogP contribution in [-0.4, -0.2) is 20.9 Å². The molecule has 2 heterocycles. The van der Waals surface area contributed by atoms with Gasteiger partial charge in [-0.3, -0.25) is 4.79 Å². The average Bonchev–Trinajstić information content (AvgIpc) is 2.86. The molecular weight excluding hydrogens is 264 g/mol. The molecule has 3 aromatic rings. The van der Waals surface area contributed by atoms with E-state index >= 15 is 0 Å². The fraction of sp³-hybridized carbons (Fsp3) is 0. The van der Waals surface area contributed by atoms with E-state index in [1.807, 2.05) is 12.1 Å². The first-order valence-electron chi connectivity index (χ1n) is 5.59. The molecule has 94 valence electrons. The topological polar surface area (TPSA) is 70.7 Å². The summed E-state index contributed by atoms with van der Waals surface area (Å²) >= 11 is 5.87. The Morgan fingerprint density at radius 2 is 2.16 bits per heavy atom. The van der Waals surface area contributed by atoms with Crippen molar-refractivity contribution in [3.63, 3.8) is 0 Å². The number of fused-ring (bicyclic) bond motifs is 1. The van der Waals surface area contributed by atoms with Crippen molar-refractivity contribution in [2.45, 2.75) is 0 Å². The number of nitrogens with zero attached hydrogens (tertiary/aromatic N) is 2. The van der Waals surface area contributed by atoms with Crippen molar-refractivity contribution < 1.29 is 4.79 Å². The number of aromatic amines is 1. The maximum absolute atomic E-state index is 12.0. The molecule has 0 fully saturated rings. The van der Waals surface area contributed by atoms with Crippen LogP contribution in [0.2, 0.25) is 5.15 Å². The Bertz CT molecular complexity index is 753. The molecule has 0 radical (unpaired) electrons. The second kappa shape index (κ2) is 4.70. The monoisotopic (exact) mass is 272 g/mol. The van der Waals surface area contributed by atoms with Crippen molar-refractivity contribution in [3.8, 4) is 0 Å². The lowest BCUT2D eigenvalue weighted by Crippen LogP contribution is -2.12. The quantitative estimate of drug-likeness (QED) is 0.705. The van der Waals surface area contributed by atoms with Gasteiger partial charge in [0, 0.05) is 11.9 Å². The SMILES string of the molecule is O=C(Nc1ccc2nc[nH]c2c1)c1cccnc1Cl. The first-order valence-corrected chi connectivity index (χ1v) is 5.97. The fourth-order valence-corrected chi connectivity index (χ4v) is 1.97. The van der Waals surface area contributed by atoms with Crippen molar-refractivity contribution in [2.75, 3.05) is 5.32 Å². The molecule has 2 N–H and O–H groups in total. The molecule has 19 heavy (non-hydrogen) atoms. The number of amides is 1. The highest BCUT2D eigenvalue weighted by atomic mass is 35.5. The largest absolute Gasteiger partial charge is 0.345 e. The summed E-state index contributed by atoms with van der Waals surface area (Å²) in [5.74, 6) is -0.294. The van der Waals surface area contributed by atoms with Crippen LogP contribution < -0.4 is 5.32 Å². The molecule has 6 heteroatoms. The normalized spacial score (nSPS) is 10.6. The number of anilines is 1. The van der Waals surface area contributed by atoms with Crippen LogP contribution in [-0.2, 0) is 0 Å². The summed E-state index contributed by atoms with van der Waals surface area (Å²) in [6.45, 7) is 0. The number of carbonyl (C=O) groups excluding carboxylic acids is 1. The number of imidazole rings is 1. The average molecular weight is 273 g/mol. The fourth-order valence-electron chi connectivity index (χ4n) is 1.77. The highest BCUT2D eigenvalue weighted by Gasteiger charge is 2.11. The lowest BCUT2D eigenvalue weighted by Gasteiger charge is -2.06. The summed E-state index contributed by atoms with van der Waals surface area (Å²) in [5, 5.41) is 2.95. The minimum absolute atomic E-state index is 0.183. The zero-order valence-electron chi connectivity index (χ0n) is 9.72. The summed E-state index contributed by atoms with van der Waals surface area (Å²) in [4.78, 5) is 23.0. The Labute approximate surface area is 113 Å². The molecule has 2 aromatic heterocycles. The maximum atomic E-state index is 12.0. The number of halogens is 1. The van der Waals surface area contributed by atoms with Gasteiger partial charge in [-0.25, -0.2) is 9.97 Å². The standard InChI is InChI=1S/C13H9ClN4O/c14-12-9(2-1-5-15-12)13(19)18-8-3-4-10-11(6-8)17-7-16-10/h1-7H,(H,16,17)(H,18,19). The molecule has 1 aromatic carbocycles. The van der Waals surface area contributed by atoms with Gasteiger partial charge in [0.2, 0.25) is 0 Å². The van der Waals surface area contributed by atoms with Gasteiger partial charge >= 0.3 is 0 Å². The highest BCUT2D eigenvalue weighted by molar-refractivity contribution is 6.33. The molecule has 0 aliphatic heterocycles. The van der Waals surface area contributed by atoms with Gasteiger partial charge in [0.25, 0.3) is 5.91 Å². The Morgan fingerprint density at radius 3 is 3.00 bits per heavy atom. The number of benzene rings is 1. The van der Waals surface area contributed by atoms with Crippen LogP contribution >= 0.6 is 11.6 Å². The minimum atomic E-state index is -0.294. The second-order valence-electron chi connectivity index (χ2n) is 3.93. The molecule has 0 bridgehead atoms. The Morgan fingerprint density at radius 1 is 1.26 bits per heavy atom. The lowest BCUT2D eigenvalue weighted by atomic mass is 10.2. The van der Waals surface area contributed by atoms with E-state index in [9.17, 15) is 4.79 Å². The van der Waals surface area contributed by atoms with E-state index in [0.717, 1.165) is 11.0 Å². The molecule has 0 saturated heterocycles. The number of pyridine rings is 1. The Kier molecular flexibility index (Phi) is 2.89. The van der Waals surface area contributed by atoms with E-state index in [1.54, 1.807) is 24.5 Å². The molecule has 0 saturated carbocycles. The van der Waals surface area contributed by atoms with Crippen LogP contribution in [0.1, 0.15) is 10.4 Å². The number of nitrogens with one attached hydrogen (secondary N) is 2. The van der Waals surface area contributed by atoms with E-state index in [-0.39, 0.29) is 11.1 Å². The third-order valence-corrected chi connectivity index (χ3v) is 2.98. The number of carbonyl (C=O) groups is 1. The molecule has 0 spiro atoms. The van der Waals surface area contributed by atoms with Crippen molar-refractivity contribution in [1.29, 1.82) is 0 Å². The molecule has 0 atom stereocenters. The van der Waals surface area contributed by atoms with Crippen LogP contribution in [0, 0.1) is 0 Å². The summed E-state index contributed by atoms with van der Waals surface area (Å²) in [6.07, 6.45) is 3.14. The van der Waals surface area contributed by atoms with Crippen LogP contribution in [0.3, 0.4) is 0 Å². The summed E-state index contributed by atoms with van der Waals surface area (Å²) in [6, 6.07) is 8.71. The van der Waals surface area contributed by atoms with Crippen LogP contribution in [0.15, 0.2) is 42.9 Å². The van der Waals surface area contributed by atoms with Gasteiger partial charge in [-0.1, -0.05) is 11.6 Å². The molecule has 0 aliphatic carbocycles. The number of H-pyrrole nitrogens is 1. The number of rotatable bonds is 2. The van der Waals surface area contributed by atoms with Crippen LogP contribution in [0.4, 0.5) is 5.69 Å². The molecule has 0 unspecified atom stereocenters. The van der Waals surface area contributed by atoms with E-state index in [2.05, 4.69) is 20.3 Å². The van der Waals surface area contributed by atoms with Gasteiger partial charge in [0.1, 0.15) is 5.15 Å². The summed E-state index contributed by atoms with van der Waals surface area (Å²) in [7, 11) is 0. The second-order valence-corrected chi connectivity index (χ2v) is 4.29. The van der Waals surface area contributed by atoms with Crippen molar-refractivity contribution >= 4 is 34.2 Å². The predicted octanol–water partition coefficient (Wildman–Crippen LogP) is 2.86. The summed E-state index contributed by atoms with van der Waals surface area (Å²) < 4.78 is 0. The number of aromatic nitrogens is 3. The third kappa shape index (κ3) is 2.28. The predicted molar refractivity (Wildman–Crippen MR) is 73.3 cm³/mol. The molecule has 1 amide bonds. The summed E-state index contributed by atoms with van der Waals surface area (Å²) in [5.41, 5.74) is 2.71. The van der Waals surface area contributed by atoms with Gasteiger partial charge in [0.05, 0.1) is 22.9 Å². The van der Waals surface area contributed by atoms with E-state index in [0.29, 0.717) is 11.3 Å². The molecule has 0 aliphatic rings. The third-order valence-electron chi connectivity index (χ3n) is 2.68. The molecule has 5 nitrogen and oxygen atoms in total.